The summed E-state index contributed by atoms with van der Waals surface area (Å²) >= 11 is 0. The average molecular weight is 462 g/mol. The molecule has 0 saturated carbocycles. The van der Waals surface area contributed by atoms with Crippen molar-refractivity contribution in [2.45, 2.75) is 76.2 Å². The predicted octanol–water partition coefficient (Wildman–Crippen LogP) is 3.18. The number of sulfonamides is 1. The summed E-state index contributed by atoms with van der Waals surface area (Å²) in [5, 5.41) is 0. The molecule has 176 valence electrons. The summed E-state index contributed by atoms with van der Waals surface area (Å²) in [5.41, 5.74) is 1.67. The second kappa shape index (κ2) is 9.51. The van der Waals surface area contributed by atoms with Crippen LogP contribution in [0.4, 0.5) is 5.69 Å². The minimum Gasteiger partial charge on any atom is -0.343 e. The van der Waals surface area contributed by atoms with Crippen molar-refractivity contribution in [2.75, 3.05) is 31.1 Å². The summed E-state index contributed by atoms with van der Waals surface area (Å²) in [7, 11) is -3.53. The molecule has 1 unspecified atom stereocenters. The first-order chi connectivity index (χ1) is 15.3. The quantitative estimate of drug-likeness (QED) is 0.675. The van der Waals surface area contributed by atoms with Crippen molar-refractivity contribution >= 4 is 27.5 Å². The van der Waals surface area contributed by atoms with Gasteiger partial charge in [-0.05, 0) is 68.7 Å². The standard InChI is InChI=1S/C24H35N3O4S/c1-18-10-14-25(15-11-18)23(28)8-9-24(29)26-16-12-20-17-21(6-7-22(20)26)32(30,31)27-13-4-3-5-19(27)2/h6-7,17-19H,3-5,8-16H2,1-2H3. The minimum absolute atomic E-state index is 0.0146. The zero-order valence-electron chi connectivity index (χ0n) is 19.3. The average Bonchev–Trinajstić information content (AvgIpc) is 3.21. The Hall–Kier alpha value is -1.93. The topological polar surface area (TPSA) is 78.0 Å². The van der Waals surface area contributed by atoms with Crippen molar-refractivity contribution in [2.24, 2.45) is 5.92 Å². The normalized spacial score (nSPS) is 22.8. The lowest BCUT2D eigenvalue weighted by atomic mass is 9.99. The third-order valence-electron chi connectivity index (χ3n) is 7.29. The fourth-order valence-corrected chi connectivity index (χ4v) is 6.88. The number of fused-ring (bicyclic) bond motifs is 1. The van der Waals surface area contributed by atoms with Crippen molar-refractivity contribution < 1.29 is 18.0 Å². The van der Waals surface area contributed by atoms with E-state index < -0.39 is 10.0 Å². The molecule has 3 heterocycles. The van der Waals surface area contributed by atoms with Crippen LogP contribution in [0.1, 0.15) is 64.4 Å². The highest BCUT2D eigenvalue weighted by Crippen LogP contribution is 2.33. The molecule has 3 aliphatic rings. The number of benzene rings is 1. The van der Waals surface area contributed by atoms with Gasteiger partial charge in [0, 0.05) is 50.7 Å². The van der Waals surface area contributed by atoms with E-state index in [0.29, 0.717) is 30.3 Å². The first-order valence-corrected chi connectivity index (χ1v) is 13.4. The zero-order valence-corrected chi connectivity index (χ0v) is 20.1. The molecule has 32 heavy (non-hydrogen) atoms. The van der Waals surface area contributed by atoms with Crippen LogP contribution in [0.25, 0.3) is 0 Å². The smallest absolute Gasteiger partial charge is 0.243 e. The minimum atomic E-state index is -3.53. The Morgan fingerprint density at radius 1 is 0.938 bits per heavy atom. The maximum atomic E-state index is 13.2. The number of hydrogen-bond donors (Lipinski definition) is 0. The van der Waals surface area contributed by atoms with Crippen LogP contribution in [0.3, 0.4) is 0 Å². The molecule has 0 aliphatic carbocycles. The van der Waals surface area contributed by atoms with E-state index in [2.05, 4.69) is 6.92 Å². The van der Waals surface area contributed by atoms with Gasteiger partial charge in [0.15, 0.2) is 0 Å². The van der Waals surface area contributed by atoms with Crippen molar-refractivity contribution in [1.82, 2.24) is 9.21 Å². The molecule has 0 bridgehead atoms. The molecule has 1 aromatic carbocycles. The molecule has 8 heteroatoms. The number of carbonyl (C=O) groups excluding carboxylic acids is 2. The van der Waals surface area contributed by atoms with Crippen molar-refractivity contribution in [3.8, 4) is 0 Å². The molecule has 1 atom stereocenters. The Balaban J connectivity index is 1.40. The van der Waals surface area contributed by atoms with Gasteiger partial charge in [0.1, 0.15) is 0 Å². The summed E-state index contributed by atoms with van der Waals surface area (Å²) in [4.78, 5) is 29.2. The van der Waals surface area contributed by atoms with Crippen molar-refractivity contribution in [3.63, 3.8) is 0 Å². The van der Waals surface area contributed by atoms with Gasteiger partial charge in [-0.2, -0.15) is 4.31 Å². The molecule has 7 nitrogen and oxygen atoms in total. The van der Waals surface area contributed by atoms with Crippen LogP contribution in [0.2, 0.25) is 0 Å². The van der Waals surface area contributed by atoms with Crippen LogP contribution < -0.4 is 4.90 Å². The van der Waals surface area contributed by atoms with Gasteiger partial charge in [0.2, 0.25) is 21.8 Å². The first-order valence-electron chi connectivity index (χ1n) is 12.0. The Kier molecular flexibility index (Phi) is 6.91. The molecular weight excluding hydrogens is 426 g/mol. The molecule has 1 aromatic rings. The lowest BCUT2D eigenvalue weighted by molar-refractivity contribution is -0.134. The maximum absolute atomic E-state index is 13.2. The maximum Gasteiger partial charge on any atom is 0.243 e. The second-order valence-corrected chi connectivity index (χ2v) is 11.5. The lowest BCUT2D eigenvalue weighted by Crippen LogP contribution is -2.41. The van der Waals surface area contributed by atoms with E-state index in [1.165, 1.54) is 0 Å². The molecule has 2 fully saturated rings. The largest absolute Gasteiger partial charge is 0.343 e. The van der Waals surface area contributed by atoms with Crippen LogP contribution >= 0.6 is 0 Å². The molecule has 2 amide bonds. The van der Waals surface area contributed by atoms with Crippen molar-refractivity contribution in [3.05, 3.63) is 23.8 Å². The van der Waals surface area contributed by atoms with E-state index in [9.17, 15) is 18.0 Å². The van der Waals surface area contributed by atoms with Gasteiger partial charge in [-0.25, -0.2) is 8.42 Å². The molecular formula is C24H35N3O4S. The van der Waals surface area contributed by atoms with E-state index in [-0.39, 0.29) is 30.7 Å². The summed E-state index contributed by atoms with van der Waals surface area (Å²) in [5.74, 6) is 0.651. The van der Waals surface area contributed by atoms with Gasteiger partial charge >= 0.3 is 0 Å². The summed E-state index contributed by atoms with van der Waals surface area (Å²) in [6.07, 6.45) is 5.97. The highest BCUT2D eigenvalue weighted by atomic mass is 32.2. The third-order valence-corrected chi connectivity index (χ3v) is 9.29. The molecule has 2 saturated heterocycles. The molecule has 4 rings (SSSR count). The monoisotopic (exact) mass is 461 g/mol. The van der Waals surface area contributed by atoms with E-state index in [0.717, 1.165) is 56.4 Å². The highest BCUT2D eigenvalue weighted by Gasteiger charge is 2.33. The van der Waals surface area contributed by atoms with Crippen LogP contribution in [-0.2, 0) is 26.0 Å². The van der Waals surface area contributed by atoms with Crippen LogP contribution in [-0.4, -0.2) is 61.7 Å². The Morgan fingerprint density at radius 2 is 1.66 bits per heavy atom. The number of nitrogens with zero attached hydrogens (tertiary/aromatic N) is 3. The first kappa shape index (κ1) is 23.2. The van der Waals surface area contributed by atoms with Gasteiger partial charge in [-0.1, -0.05) is 13.3 Å². The molecule has 3 aliphatic heterocycles. The fraction of sp³-hybridized carbons (Fsp3) is 0.667. The summed E-state index contributed by atoms with van der Waals surface area (Å²) < 4.78 is 27.9. The third kappa shape index (κ3) is 4.71. The van der Waals surface area contributed by atoms with Crippen LogP contribution in [0, 0.1) is 5.92 Å². The van der Waals surface area contributed by atoms with E-state index >= 15 is 0 Å². The van der Waals surface area contributed by atoms with Gasteiger partial charge in [-0.15, -0.1) is 0 Å². The number of piperidine rings is 2. The van der Waals surface area contributed by atoms with E-state index in [1.54, 1.807) is 27.4 Å². The van der Waals surface area contributed by atoms with Crippen molar-refractivity contribution in [1.29, 1.82) is 0 Å². The highest BCUT2D eigenvalue weighted by molar-refractivity contribution is 7.89. The van der Waals surface area contributed by atoms with Gasteiger partial charge in [0.05, 0.1) is 4.90 Å². The van der Waals surface area contributed by atoms with Gasteiger partial charge < -0.3 is 9.80 Å². The van der Waals surface area contributed by atoms with Gasteiger partial charge in [0.25, 0.3) is 0 Å². The fourth-order valence-electron chi connectivity index (χ4n) is 5.13. The Bertz CT molecular complexity index is 969. The molecule has 0 aromatic heterocycles. The van der Waals surface area contributed by atoms with E-state index in [4.69, 9.17) is 0 Å². The number of rotatable bonds is 5. The second-order valence-electron chi connectivity index (χ2n) is 9.61. The Labute approximate surface area is 191 Å². The zero-order chi connectivity index (χ0) is 22.9. The number of hydrogen-bond acceptors (Lipinski definition) is 4. The summed E-state index contributed by atoms with van der Waals surface area (Å²) in [6.45, 7) is 6.85. The molecule has 0 N–H and O–H groups in total. The number of anilines is 1. The summed E-state index contributed by atoms with van der Waals surface area (Å²) in [6, 6.07) is 5.14. The van der Waals surface area contributed by atoms with Gasteiger partial charge in [-0.3, -0.25) is 9.59 Å². The van der Waals surface area contributed by atoms with E-state index in [1.807, 2.05) is 11.8 Å². The number of likely N-dealkylation sites (tertiary alicyclic amines) is 1. The number of amides is 2. The van der Waals surface area contributed by atoms with Crippen LogP contribution in [0.5, 0.6) is 0 Å². The Morgan fingerprint density at radius 3 is 2.38 bits per heavy atom. The number of carbonyl (C=O) groups is 2. The predicted molar refractivity (Wildman–Crippen MR) is 124 cm³/mol. The van der Waals surface area contributed by atoms with Crippen LogP contribution in [0.15, 0.2) is 23.1 Å². The molecule has 0 spiro atoms. The molecule has 0 radical (unpaired) electrons. The lowest BCUT2D eigenvalue weighted by Gasteiger charge is -2.32. The SMILES string of the molecule is CC1CCN(C(=O)CCC(=O)N2CCc3cc(S(=O)(=O)N4CCCCC4C)ccc32)CC1.